The van der Waals surface area contributed by atoms with Crippen LogP contribution >= 0.6 is 11.3 Å². The number of carbonyl (C=O) groups is 1. The third kappa shape index (κ3) is 1.86. The lowest BCUT2D eigenvalue weighted by molar-refractivity contribution is 0.159. The predicted molar refractivity (Wildman–Crippen MR) is 50.0 cm³/mol. The van der Waals surface area contributed by atoms with Gasteiger partial charge in [0.15, 0.2) is 0 Å². The highest BCUT2D eigenvalue weighted by molar-refractivity contribution is 7.11. The molecule has 1 aliphatic rings. The van der Waals surface area contributed by atoms with Crippen molar-refractivity contribution in [2.45, 2.75) is 0 Å². The lowest BCUT2D eigenvalue weighted by atomic mass is 10.5. The van der Waals surface area contributed by atoms with Crippen molar-refractivity contribution in [3.63, 3.8) is 0 Å². The van der Waals surface area contributed by atoms with Gasteiger partial charge in [0, 0.05) is 4.88 Å². The van der Waals surface area contributed by atoms with E-state index in [1.54, 1.807) is 17.6 Å². The van der Waals surface area contributed by atoms with Crippen LogP contribution in [0.3, 0.4) is 0 Å². The number of cyclic esters (lactones) is 1. The molecular weight excluding hydrogens is 188 g/mol. The molecule has 0 spiro atoms. The van der Waals surface area contributed by atoms with Gasteiger partial charge in [-0.05, 0) is 11.4 Å². The van der Waals surface area contributed by atoms with Crippen LogP contribution in [0.15, 0.2) is 22.6 Å². The first kappa shape index (κ1) is 8.25. The molecule has 13 heavy (non-hydrogen) atoms. The monoisotopic (exact) mass is 196 g/mol. The summed E-state index contributed by atoms with van der Waals surface area (Å²) < 4.78 is 4.71. The zero-order chi connectivity index (χ0) is 9.10. The third-order valence-corrected chi connectivity index (χ3v) is 2.41. The van der Waals surface area contributed by atoms with Crippen molar-refractivity contribution >= 4 is 23.6 Å². The average molecular weight is 196 g/mol. The summed E-state index contributed by atoms with van der Waals surface area (Å²) >= 11 is 1.58. The third-order valence-electron chi connectivity index (χ3n) is 1.61. The summed E-state index contributed by atoms with van der Waals surface area (Å²) in [5.41, 5.74) is 0. The van der Waals surface area contributed by atoms with Gasteiger partial charge in [-0.15, -0.1) is 11.3 Å². The summed E-state index contributed by atoms with van der Waals surface area (Å²) in [7, 11) is 0. The molecule has 1 aromatic rings. The maximum absolute atomic E-state index is 10.9. The van der Waals surface area contributed by atoms with E-state index in [4.69, 9.17) is 4.74 Å². The van der Waals surface area contributed by atoms with Crippen LogP contribution in [0.25, 0.3) is 0 Å². The van der Waals surface area contributed by atoms with E-state index in [0.717, 1.165) is 4.88 Å². The molecule has 0 atom stereocenters. The Morgan fingerprint density at radius 3 is 3.23 bits per heavy atom. The van der Waals surface area contributed by atoms with Gasteiger partial charge in [0.1, 0.15) is 6.61 Å². The van der Waals surface area contributed by atoms with Crippen LogP contribution in [-0.2, 0) is 4.74 Å². The van der Waals surface area contributed by atoms with E-state index in [0.29, 0.717) is 13.2 Å². The minimum Gasteiger partial charge on any atom is -0.446 e. The lowest BCUT2D eigenvalue weighted by Gasteiger charge is -2.02. The number of thiophene rings is 1. The molecule has 0 saturated carbocycles. The minimum atomic E-state index is -0.368. The summed E-state index contributed by atoms with van der Waals surface area (Å²) in [6.45, 7) is 0.974. The first-order chi connectivity index (χ1) is 6.36. The molecule has 1 saturated heterocycles. The van der Waals surface area contributed by atoms with Crippen LogP contribution in [0.5, 0.6) is 0 Å². The van der Waals surface area contributed by atoms with E-state index in [1.165, 1.54) is 5.01 Å². The molecule has 0 N–H and O–H groups in total. The van der Waals surface area contributed by atoms with Gasteiger partial charge >= 0.3 is 6.09 Å². The Balaban J connectivity index is 2.01. The number of ether oxygens (including phenoxy) is 1. The van der Waals surface area contributed by atoms with E-state index >= 15 is 0 Å². The molecule has 0 aromatic carbocycles. The summed E-state index contributed by atoms with van der Waals surface area (Å²) in [5, 5.41) is 7.27. The van der Waals surface area contributed by atoms with Crippen molar-refractivity contribution in [3.05, 3.63) is 22.4 Å². The Morgan fingerprint density at radius 2 is 2.62 bits per heavy atom. The predicted octanol–water partition coefficient (Wildman–Crippen LogP) is 1.53. The second-order valence-corrected chi connectivity index (χ2v) is 3.48. The molecule has 1 amide bonds. The first-order valence-electron chi connectivity index (χ1n) is 3.88. The normalized spacial score (nSPS) is 16.9. The molecule has 68 valence electrons. The maximum atomic E-state index is 10.9. The Morgan fingerprint density at radius 1 is 1.69 bits per heavy atom. The lowest BCUT2D eigenvalue weighted by Crippen LogP contribution is -2.17. The Bertz CT molecular complexity index is 321. The van der Waals surface area contributed by atoms with Crippen molar-refractivity contribution in [3.8, 4) is 0 Å². The molecular formula is C8H8N2O2S. The highest BCUT2D eigenvalue weighted by atomic mass is 32.1. The Kier molecular flexibility index (Phi) is 2.27. The number of hydrogen-bond acceptors (Lipinski definition) is 4. The highest BCUT2D eigenvalue weighted by Crippen LogP contribution is 2.07. The molecule has 5 heteroatoms. The molecule has 0 unspecified atom stereocenters. The van der Waals surface area contributed by atoms with Gasteiger partial charge < -0.3 is 4.74 Å². The Hall–Kier alpha value is -1.36. The zero-order valence-electron chi connectivity index (χ0n) is 6.84. The molecule has 4 nitrogen and oxygen atoms in total. The molecule has 2 heterocycles. The summed E-state index contributed by atoms with van der Waals surface area (Å²) in [6.07, 6.45) is 1.30. The number of carbonyl (C=O) groups excluding carboxylic acids is 1. The van der Waals surface area contributed by atoms with Gasteiger partial charge in [0.2, 0.25) is 0 Å². The van der Waals surface area contributed by atoms with Crippen molar-refractivity contribution < 1.29 is 9.53 Å². The van der Waals surface area contributed by atoms with E-state index in [-0.39, 0.29) is 6.09 Å². The number of rotatable bonds is 2. The van der Waals surface area contributed by atoms with Gasteiger partial charge in [-0.2, -0.15) is 10.1 Å². The SMILES string of the molecule is O=C1OCCN1/N=C/c1cccs1. The smallest absolute Gasteiger partial charge is 0.430 e. The van der Waals surface area contributed by atoms with Crippen molar-refractivity contribution in [1.82, 2.24) is 5.01 Å². The molecule has 0 radical (unpaired) electrons. The summed E-state index contributed by atoms with van der Waals surface area (Å²) in [5.74, 6) is 0. The zero-order valence-corrected chi connectivity index (χ0v) is 7.66. The molecule has 1 aromatic heterocycles. The van der Waals surface area contributed by atoms with Crippen LogP contribution < -0.4 is 0 Å². The van der Waals surface area contributed by atoms with Crippen molar-refractivity contribution in [1.29, 1.82) is 0 Å². The summed E-state index contributed by atoms with van der Waals surface area (Å²) in [6, 6.07) is 3.88. The largest absolute Gasteiger partial charge is 0.446 e. The highest BCUT2D eigenvalue weighted by Gasteiger charge is 2.20. The van der Waals surface area contributed by atoms with E-state index in [1.807, 2.05) is 17.5 Å². The Labute approximate surface area is 79.4 Å². The topological polar surface area (TPSA) is 41.9 Å². The quantitative estimate of drug-likeness (QED) is 0.673. The van der Waals surface area contributed by atoms with Crippen LogP contribution in [0.1, 0.15) is 4.88 Å². The average Bonchev–Trinajstić information content (AvgIpc) is 2.72. The van der Waals surface area contributed by atoms with Crippen molar-refractivity contribution in [2.75, 3.05) is 13.2 Å². The number of hydrogen-bond donors (Lipinski definition) is 0. The fraction of sp³-hybridized carbons (Fsp3) is 0.250. The van der Waals surface area contributed by atoms with Gasteiger partial charge in [0.25, 0.3) is 0 Å². The number of hydrazone groups is 1. The van der Waals surface area contributed by atoms with E-state index < -0.39 is 0 Å². The number of amides is 1. The second kappa shape index (κ2) is 3.57. The fourth-order valence-corrected chi connectivity index (χ4v) is 1.56. The van der Waals surface area contributed by atoms with Crippen molar-refractivity contribution in [2.24, 2.45) is 5.10 Å². The minimum absolute atomic E-state index is 0.368. The first-order valence-corrected chi connectivity index (χ1v) is 4.76. The summed E-state index contributed by atoms with van der Waals surface area (Å²) in [4.78, 5) is 12.0. The van der Waals surface area contributed by atoms with Crippen LogP contribution in [-0.4, -0.2) is 30.5 Å². The maximum Gasteiger partial charge on any atom is 0.430 e. The molecule has 1 aliphatic heterocycles. The van der Waals surface area contributed by atoms with Gasteiger partial charge in [-0.25, -0.2) is 4.79 Å². The molecule has 0 bridgehead atoms. The van der Waals surface area contributed by atoms with Gasteiger partial charge in [-0.3, -0.25) is 0 Å². The molecule has 1 fully saturated rings. The van der Waals surface area contributed by atoms with Crippen LogP contribution in [0.4, 0.5) is 4.79 Å². The molecule has 2 rings (SSSR count). The van der Waals surface area contributed by atoms with E-state index in [9.17, 15) is 4.79 Å². The standard InChI is InChI=1S/C8H8N2O2S/c11-8-10(3-4-12-8)9-6-7-2-1-5-13-7/h1-2,5-6H,3-4H2/b9-6+. The van der Waals surface area contributed by atoms with Gasteiger partial charge in [0.05, 0.1) is 12.8 Å². The van der Waals surface area contributed by atoms with Crippen LogP contribution in [0, 0.1) is 0 Å². The fourth-order valence-electron chi connectivity index (χ4n) is 0.981. The van der Waals surface area contributed by atoms with E-state index in [2.05, 4.69) is 5.10 Å². The second-order valence-electron chi connectivity index (χ2n) is 2.50. The molecule has 0 aliphatic carbocycles. The number of nitrogens with zero attached hydrogens (tertiary/aromatic N) is 2. The van der Waals surface area contributed by atoms with Gasteiger partial charge in [-0.1, -0.05) is 6.07 Å². The van der Waals surface area contributed by atoms with Crippen LogP contribution in [0.2, 0.25) is 0 Å².